The molecule has 2 aliphatic rings. The van der Waals surface area contributed by atoms with E-state index >= 15 is 0 Å². The Balaban J connectivity index is 1.52. The lowest BCUT2D eigenvalue weighted by Crippen LogP contribution is -2.42. The van der Waals surface area contributed by atoms with Crippen LogP contribution < -0.4 is 15.5 Å². The Morgan fingerprint density at radius 2 is 1.94 bits per heavy atom. The van der Waals surface area contributed by atoms with E-state index in [-0.39, 0.29) is 40.7 Å². The molecule has 1 heterocycles. The van der Waals surface area contributed by atoms with Crippen molar-refractivity contribution < 1.29 is 23.4 Å². The maximum Gasteiger partial charge on any atom is 0.255 e. The summed E-state index contributed by atoms with van der Waals surface area (Å²) in [6.45, 7) is -0.348. The molecule has 0 bridgehead atoms. The first-order valence-electron chi connectivity index (χ1n) is 10.8. The highest BCUT2D eigenvalue weighted by molar-refractivity contribution is 5.99. The number of nitrogens with zero attached hydrogens (tertiary/aromatic N) is 1. The lowest BCUT2D eigenvalue weighted by molar-refractivity contribution is 0.0947. The third-order valence-corrected chi connectivity index (χ3v) is 6.20. The Labute approximate surface area is 190 Å². The third kappa shape index (κ3) is 4.41. The molecule has 2 aromatic carbocycles. The molecular weight excluding hydrogens is 430 g/mol. The molecule has 9 heteroatoms. The summed E-state index contributed by atoms with van der Waals surface area (Å²) < 4.78 is 34.9. The van der Waals surface area contributed by atoms with E-state index in [2.05, 4.69) is 10.7 Å². The fourth-order valence-electron chi connectivity index (χ4n) is 4.44. The zero-order valence-electron chi connectivity index (χ0n) is 18.2. The molecule has 0 radical (unpaired) electrons. The minimum atomic E-state index is -0.824. The smallest absolute Gasteiger partial charge is 0.255 e. The Morgan fingerprint density at radius 1 is 1.27 bits per heavy atom. The minimum absolute atomic E-state index is 0.100. The number of carbonyl (C=O) groups excluding carboxylic acids is 1. The highest BCUT2D eigenvalue weighted by Crippen LogP contribution is 2.35. The van der Waals surface area contributed by atoms with Gasteiger partial charge in [0.2, 0.25) is 0 Å². The summed E-state index contributed by atoms with van der Waals surface area (Å²) >= 11 is 0. The van der Waals surface area contributed by atoms with Crippen LogP contribution in [0.25, 0.3) is 0 Å². The monoisotopic (exact) mass is 456 g/mol. The molecule has 174 valence electrons. The number of amidine groups is 1. The van der Waals surface area contributed by atoms with Crippen LogP contribution in [-0.4, -0.2) is 35.0 Å². The Morgan fingerprint density at radius 3 is 2.58 bits per heavy atom. The van der Waals surface area contributed by atoms with Gasteiger partial charge < -0.3 is 15.2 Å². The molecular formula is C24H26F2N4O3. The highest BCUT2D eigenvalue weighted by Gasteiger charge is 2.38. The molecule has 7 nitrogen and oxygen atoms in total. The molecule has 4 N–H and O–H groups in total. The van der Waals surface area contributed by atoms with Gasteiger partial charge in [-0.05, 0) is 42.7 Å². The first-order chi connectivity index (χ1) is 15.9. The standard InChI is InChI=1S/C24H26F2N4O3/c1-33-21-9-5-4-8-16(21)24(32)28-12-17-19(25)10-14(11-20(17)26)22-18(13-31)23(27)30(29-22)15-6-2-3-7-15/h4-5,8-11,13,15,22,27,29,31H,2-3,6-7,12H2,1H3,(H,28,32). The van der Waals surface area contributed by atoms with Gasteiger partial charge in [0.15, 0.2) is 0 Å². The molecule has 0 spiro atoms. The number of carbonyl (C=O) groups is 1. The molecule has 1 amide bonds. The molecule has 0 aromatic heterocycles. The summed E-state index contributed by atoms with van der Waals surface area (Å²) in [5.41, 5.74) is 3.60. The van der Waals surface area contributed by atoms with Crippen LogP contribution in [0.15, 0.2) is 48.2 Å². The van der Waals surface area contributed by atoms with E-state index in [1.807, 2.05) is 0 Å². The zero-order valence-corrected chi connectivity index (χ0v) is 18.2. The molecule has 1 aliphatic heterocycles. The van der Waals surface area contributed by atoms with Crippen molar-refractivity contribution in [3.63, 3.8) is 0 Å². The van der Waals surface area contributed by atoms with E-state index < -0.39 is 23.6 Å². The minimum Gasteiger partial charge on any atom is -0.515 e. The largest absolute Gasteiger partial charge is 0.515 e. The van der Waals surface area contributed by atoms with Gasteiger partial charge in [-0.15, -0.1) is 0 Å². The van der Waals surface area contributed by atoms with Gasteiger partial charge in [-0.2, -0.15) is 0 Å². The van der Waals surface area contributed by atoms with Crippen LogP contribution >= 0.6 is 0 Å². The van der Waals surface area contributed by atoms with E-state index in [1.165, 1.54) is 19.2 Å². The quantitative estimate of drug-likeness (QED) is 0.490. The second kappa shape index (κ2) is 9.58. The van der Waals surface area contributed by atoms with Crippen molar-refractivity contribution >= 4 is 11.7 Å². The number of halogens is 2. The van der Waals surface area contributed by atoms with E-state index in [1.54, 1.807) is 29.3 Å². The predicted octanol–water partition coefficient (Wildman–Crippen LogP) is 4.13. The number of nitrogens with one attached hydrogen (secondary N) is 3. The molecule has 1 saturated carbocycles. The molecule has 1 aliphatic carbocycles. The number of benzene rings is 2. The molecule has 1 saturated heterocycles. The number of hydrazine groups is 1. The number of rotatable bonds is 6. The van der Waals surface area contributed by atoms with Crippen molar-refractivity contribution in [3.05, 3.63) is 76.6 Å². The number of para-hydroxylation sites is 1. The molecule has 4 rings (SSSR count). The second-order valence-electron chi connectivity index (χ2n) is 8.15. The van der Waals surface area contributed by atoms with E-state index in [9.17, 15) is 18.7 Å². The lowest BCUT2D eigenvalue weighted by atomic mass is 9.98. The van der Waals surface area contributed by atoms with Gasteiger partial charge in [-0.25, -0.2) is 14.2 Å². The number of amides is 1. The van der Waals surface area contributed by atoms with Gasteiger partial charge in [0, 0.05) is 18.2 Å². The van der Waals surface area contributed by atoms with Crippen LogP contribution in [-0.2, 0) is 6.54 Å². The van der Waals surface area contributed by atoms with Crippen LogP contribution in [0.5, 0.6) is 5.75 Å². The molecule has 33 heavy (non-hydrogen) atoms. The van der Waals surface area contributed by atoms with E-state index in [0.29, 0.717) is 5.75 Å². The number of aliphatic hydroxyl groups excluding tert-OH is 1. The average molecular weight is 456 g/mol. The predicted molar refractivity (Wildman–Crippen MR) is 119 cm³/mol. The van der Waals surface area contributed by atoms with Gasteiger partial charge in [0.1, 0.15) is 23.2 Å². The fraction of sp³-hybridized carbons (Fsp3) is 0.333. The van der Waals surface area contributed by atoms with Crippen molar-refractivity contribution in [2.24, 2.45) is 0 Å². The first-order valence-corrected chi connectivity index (χ1v) is 10.8. The normalized spacial score (nSPS) is 20.0. The Bertz CT molecular complexity index is 1080. The summed E-state index contributed by atoms with van der Waals surface area (Å²) in [6, 6.07) is 8.26. The van der Waals surface area contributed by atoms with Gasteiger partial charge >= 0.3 is 0 Å². The lowest BCUT2D eigenvalue weighted by Gasteiger charge is -2.25. The number of hydrogen-bond donors (Lipinski definition) is 4. The molecule has 1 atom stereocenters. The summed E-state index contributed by atoms with van der Waals surface area (Å²) in [6.07, 6.45) is 4.74. The summed E-state index contributed by atoms with van der Waals surface area (Å²) in [5.74, 6) is -1.70. The van der Waals surface area contributed by atoms with Crippen LogP contribution in [0.1, 0.15) is 53.2 Å². The second-order valence-corrected chi connectivity index (χ2v) is 8.15. The van der Waals surface area contributed by atoms with Crippen molar-refractivity contribution in [2.45, 2.75) is 44.3 Å². The van der Waals surface area contributed by atoms with Crippen LogP contribution in [0.4, 0.5) is 8.78 Å². The molecule has 2 aromatic rings. The van der Waals surface area contributed by atoms with Gasteiger partial charge in [0.25, 0.3) is 5.91 Å². The van der Waals surface area contributed by atoms with Crippen molar-refractivity contribution in [2.75, 3.05) is 7.11 Å². The number of methoxy groups -OCH3 is 1. The van der Waals surface area contributed by atoms with Crippen molar-refractivity contribution in [1.29, 1.82) is 5.41 Å². The number of hydrogen-bond acceptors (Lipinski definition) is 5. The summed E-state index contributed by atoms with van der Waals surface area (Å²) in [5, 5.41) is 22.3. The summed E-state index contributed by atoms with van der Waals surface area (Å²) in [7, 11) is 1.43. The fourth-order valence-corrected chi connectivity index (χ4v) is 4.44. The van der Waals surface area contributed by atoms with Crippen LogP contribution in [0.3, 0.4) is 0 Å². The first kappa shape index (κ1) is 22.7. The zero-order chi connectivity index (χ0) is 23.5. The maximum absolute atomic E-state index is 14.9. The summed E-state index contributed by atoms with van der Waals surface area (Å²) in [4.78, 5) is 12.5. The SMILES string of the molecule is COc1ccccc1C(=O)NCc1c(F)cc(C2NN(C3CCCC3)C(=N)C2=CO)cc1F. The van der Waals surface area contributed by atoms with Crippen LogP contribution in [0.2, 0.25) is 0 Å². The third-order valence-electron chi connectivity index (χ3n) is 6.20. The number of ether oxygens (including phenoxy) is 1. The van der Waals surface area contributed by atoms with Crippen molar-refractivity contribution in [3.8, 4) is 5.75 Å². The Hall–Kier alpha value is -3.46. The number of aliphatic hydroxyl groups is 1. The maximum atomic E-state index is 14.9. The van der Waals surface area contributed by atoms with E-state index in [0.717, 1.165) is 31.9 Å². The van der Waals surface area contributed by atoms with Crippen LogP contribution in [0, 0.1) is 17.0 Å². The van der Waals surface area contributed by atoms with Gasteiger partial charge in [0.05, 0.1) is 30.6 Å². The van der Waals surface area contributed by atoms with Gasteiger partial charge in [-0.1, -0.05) is 25.0 Å². The van der Waals surface area contributed by atoms with E-state index in [4.69, 9.17) is 10.1 Å². The highest BCUT2D eigenvalue weighted by atomic mass is 19.1. The molecule has 2 fully saturated rings. The Kier molecular flexibility index (Phi) is 6.60. The van der Waals surface area contributed by atoms with Gasteiger partial charge in [-0.3, -0.25) is 15.2 Å². The topological polar surface area (TPSA) is 97.7 Å². The van der Waals surface area contributed by atoms with Crippen molar-refractivity contribution in [1.82, 2.24) is 15.8 Å². The molecule has 1 unspecified atom stereocenters. The average Bonchev–Trinajstić information content (AvgIpc) is 3.45.